The number of aryl methyl sites for hydroxylation is 2. The first kappa shape index (κ1) is 17.7. The summed E-state index contributed by atoms with van der Waals surface area (Å²) in [7, 11) is 0. The second-order valence-electron chi connectivity index (χ2n) is 7.54. The summed E-state index contributed by atoms with van der Waals surface area (Å²) in [5.41, 5.74) is 4.24. The SMILES string of the molecule is CCc1cc(C(=O)N2CCC[C@@H](C)C2)c2c(C)nn(-c3ccccc3)c2n1. The van der Waals surface area contributed by atoms with Crippen LogP contribution >= 0.6 is 0 Å². The van der Waals surface area contributed by atoms with Crippen LogP contribution in [0.1, 0.15) is 48.4 Å². The molecule has 27 heavy (non-hydrogen) atoms. The maximum Gasteiger partial charge on any atom is 0.254 e. The van der Waals surface area contributed by atoms with Crippen molar-refractivity contribution in [2.75, 3.05) is 13.1 Å². The molecule has 1 fully saturated rings. The fourth-order valence-corrected chi connectivity index (χ4v) is 3.98. The minimum atomic E-state index is 0.111. The highest BCUT2D eigenvalue weighted by Gasteiger charge is 2.26. The van der Waals surface area contributed by atoms with Crippen LogP contribution < -0.4 is 0 Å². The summed E-state index contributed by atoms with van der Waals surface area (Å²) in [6.45, 7) is 7.92. The zero-order chi connectivity index (χ0) is 19.0. The van der Waals surface area contributed by atoms with Crippen molar-refractivity contribution in [2.24, 2.45) is 5.92 Å². The normalized spacial score (nSPS) is 17.4. The van der Waals surface area contributed by atoms with Crippen molar-refractivity contribution in [3.8, 4) is 5.69 Å². The Kier molecular flexibility index (Phi) is 4.68. The smallest absolute Gasteiger partial charge is 0.254 e. The van der Waals surface area contributed by atoms with E-state index in [-0.39, 0.29) is 5.91 Å². The Morgan fingerprint density at radius 3 is 2.74 bits per heavy atom. The maximum absolute atomic E-state index is 13.4. The van der Waals surface area contributed by atoms with E-state index >= 15 is 0 Å². The topological polar surface area (TPSA) is 51.0 Å². The van der Waals surface area contributed by atoms with Crippen molar-refractivity contribution in [1.82, 2.24) is 19.7 Å². The van der Waals surface area contributed by atoms with E-state index in [4.69, 9.17) is 10.1 Å². The molecule has 5 nitrogen and oxygen atoms in total. The summed E-state index contributed by atoms with van der Waals surface area (Å²) in [5.74, 6) is 0.665. The van der Waals surface area contributed by atoms with Crippen molar-refractivity contribution in [3.05, 3.63) is 53.3 Å². The van der Waals surface area contributed by atoms with Gasteiger partial charge in [0.05, 0.1) is 22.3 Å². The number of likely N-dealkylation sites (tertiary alicyclic amines) is 1. The lowest BCUT2D eigenvalue weighted by atomic mass is 9.98. The first-order valence-corrected chi connectivity index (χ1v) is 9.82. The van der Waals surface area contributed by atoms with Gasteiger partial charge < -0.3 is 4.90 Å². The molecule has 2 aromatic heterocycles. The average Bonchev–Trinajstić information content (AvgIpc) is 3.04. The Morgan fingerprint density at radius 2 is 2.04 bits per heavy atom. The third-order valence-electron chi connectivity index (χ3n) is 5.40. The molecule has 0 saturated carbocycles. The molecule has 140 valence electrons. The van der Waals surface area contributed by atoms with Crippen molar-refractivity contribution < 1.29 is 4.79 Å². The fourth-order valence-electron chi connectivity index (χ4n) is 3.98. The molecule has 1 aromatic carbocycles. The van der Waals surface area contributed by atoms with Gasteiger partial charge in [0.2, 0.25) is 0 Å². The molecule has 5 heteroatoms. The molecule has 1 saturated heterocycles. The number of rotatable bonds is 3. The van der Waals surface area contributed by atoms with Gasteiger partial charge in [0.25, 0.3) is 5.91 Å². The van der Waals surface area contributed by atoms with Gasteiger partial charge >= 0.3 is 0 Å². The third-order valence-corrected chi connectivity index (χ3v) is 5.40. The number of piperidine rings is 1. The largest absolute Gasteiger partial charge is 0.338 e. The predicted octanol–water partition coefficient (Wildman–Crippen LogP) is 4.16. The number of carbonyl (C=O) groups excluding carboxylic acids is 1. The molecular formula is C22H26N4O. The molecule has 0 N–H and O–H groups in total. The molecule has 1 atom stereocenters. The molecule has 1 amide bonds. The number of hydrogen-bond donors (Lipinski definition) is 0. The molecule has 0 bridgehead atoms. The van der Waals surface area contributed by atoms with Crippen LogP contribution in [0.15, 0.2) is 36.4 Å². The Hall–Kier alpha value is -2.69. The van der Waals surface area contributed by atoms with Gasteiger partial charge in [0.1, 0.15) is 0 Å². The Morgan fingerprint density at radius 1 is 1.26 bits per heavy atom. The Balaban J connectivity index is 1.88. The highest BCUT2D eigenvalue weighted by molar-refractivity contribution is 6.06. The molecule has 3 heterocycles. The first-order valence-electron chi connectivity index (χ1n) is 9.82. The summed E-state index contributed by atoms with van der Waals surface area (Å²) in [4.78, 5) is 20.2. The van der Waals surface area contributed by atoms with E-state index in [1.54, 1.807) is 0 Å². The quantitative estimate of drug-likeness (QED) is 0.703. The summed E-state index contributed by atoms with van der Waals surface area (Å²) in [6, 6.07) is 12.0. The van der Waals surface area contributed by atoms with Crippen LogP contribution in [-0.4, -0.2) is 38.7 Å². The summed E-state index contributed by atoms with van der Waals surface area (Å²) in [5, 5.41) is 5.60. The Labute approximate surface area is 160 Å². The fraction of sp³-hybridized carbons (Fsp3) is 0.409. The highest BCUT2D eigenvalue weighted by atomic mass is 16.2. The van der Waals surface area contributed by atoms with E-state index in [1.807, 2.05) is 52.9 Å². The number of benzene rings is 1. The number of aromatic nitrogens is 3. The second kappa shape index (κ2) is 7.14. The van der Waals surface area contributed by atoms with Crippen LogP contribution in [0.5, 0.6) is 0 Å². The number of amides is 1. The molecule has 1 aliphatic heterocycles. The number of fused-ring (bicyclic) bond motifs is 1. The van der Waals surface area contributed by atoms with Crippen molar-refractivity contribution >= 4 is 16.9 Å². The Bertz CT molecular complexity index is 977. The zero-order valence-electron chi connectivity index (χ0n) is 16.3. The van der Waals surface area contributed by atoms with Gasteiger partial charge in [0.15, 0.2) is 5.65 Å². The first-order chi connectivity index (χ1) is 13.1. The van der Waals surface area contributed by atoms with E-state index in [9.17, 15) is 4.79 Å². The lowest BCUT2D eigenvalue weighted by Crippen LogP contribution is -2.39. The van der Waals surface area contributed by atoms with Crippen molar-refractivity contribution in [3.63, 3.8) is 0 Å². The number of carbonyl (C=O) groups is 1. The zero-order valence-corrected chi connectivity index (χ0v) is 16.3. The third kappa shape index (κ3) is 3.22. The van der Waals surface area contributed by atoms with Gasteiger partial charge in [-0.05, 0) is 50.3 Å². The van der Waals surface area contributed by atoms with E-state index in [0.29, 0.717) is 5.92 Å². The van der Waals surface area contributed by atoms with Gasteiger partial charge in [-0.15, -0.1) is 0 Å². The number of para-hydroxylation sites is 1. The van der Waals surface area contributed by atoms with Gasteiger partial charge in [-0.2, -0.15) is 5.10 Å². The molecule has 0 radical (unpaired) electrons. The molecule has 0 unspecified atom stereocenters. The molecular weight excluding hydrogens is 336 g/mol. The van der Waals surface area contributed by atoms with Crippen LogP contribution in [-0.2, 0) is 6.42 Å². The number of hydrogen-bond acceptors (Lipinski definition) is 3. The molecule has 0 aliphatic carbocycles. The van der Waals surface area contributed by atoms with Crippen LogP contribution in [0.4, 0.5) is 0 Å². The minimum Gasteiger partial charge on any atom is -0.338 e. The molecule has 0 spiro atoms. The molecule has 4 rings (SSSR count). The number of pyridine rings is 1. The van der Waals surface area contributed by atoms with Crippen LogP contribution in [0.3, 0.4) is 0 Å². The van der Waals surface area contributed by atoms with Crippen molar-refractivity contribution in [2.45, 2.75) is 40.0 Å². The standard InChI is InChI=1S/C22H26N4O/c1-4-17-13-19(22(27)25-12-8-9-15(2)14-25)20-16(3)24-26(21(20)23-17)18-10-6-5-7-11-18/h5-7,10-11,13,15H,4,8-9,12,14H2,1-3H3/t15-/m1/s1. The second-order valence-corrected chi connectivity index (χ2v) is 7.54. The van der Waals surface area contributed by atoms with E-state index in [0.717, 1.165) is 59.6 Å². The maximum atomic E-state index is 13.4. The predicted molar refractivity (Wildman–Crippen MR) is 107 cm³/mol. The number of nitrogens with zero attached hydrogens (tertiary/aromatic N) is 4. The average molecular weight is 362 g/mol. The summed E-state index contributed by atoms with van der Waals surface area (Å²) >= 11 is 0. The van der Waals surface area contributed by atoms with Gasteiger partial charge in [-0.1, -0.05) is 32.0 Å². The van der Waals surface area contributed by atoms with E-state index in [2.05, 4.69) is 13.8 Å². The van der Waals surface area contributed by atoms with Crippen LogP contribution in [0.25, 0.3) is 16.7 Å². The monoisotopic (exact) mass is 362 g/mol. The van der Waals surface area contributed by atoms with Gasteiger partial charge in [-0.25, -0.2) is 9.67 Å². The van der Waals surface area contributed by atoms with E-state index < -0.39 is 0 Å². The lowest BCUT2D eigenvalue weighted by molar-refractivity contribution is 0.0685. The van der Waals surface area contributed by atoms with Gasteiger partial charge in [-0.3, -0.25) is 4.79 Å². The minimum absolute atomic E-state index is 0.111. The van der Waals surface area contributed by atoms with E-state index in [1.165, 1.54) is 6.42 Å². The van der Waals surface area contributed by atoms with Gasteiger partial charge in [0, 0.05) is 18.8 Å². The summed E-state index contributed by atoms with van der Waals surface area (Å²) < 4.78 is 1.86. The van der Waals surface area contributed by atoms with Crippen LogP contribution in [0.2, 0.25) is 0 Å². The van der Waals surface area contributed by atoms with Crippen LogP contribution in [0, 0.1) is 12.8 Å². The molecule has 3 aromatic rings. The lowest BCUT2D eigenvalue weighted by Gasteiger charge is -2.31. The van der Waals surface area contributed by atoms with Crippen molar-refractivity contribution in [1.29, 1.82) is 0 Å². The summed E-state index contributed by atoms with van der Waals surface area (Å²) in [6.07, 6.45) is 3.05. The highest BCUT2D eigenvalue weighted by Crippen LogP contribution is 2.27. The molecule has 1 aliphatic rings.